The zero-order valence-electron chi connectivity index (χ0n) is 37.9. The molecule has 2 aliphatic carbocycles. The number of hydrogen-bond donors (Lipinski definition) is 1. The Bertz CT molecular complexity index is 3060. The highest BCUT2D eigenvalue weighted by atomic mass is 19.1. The van der Waals surface area contributed by atoms with Crippen LogP contribution in [0, 0.1) is 51.3 Å². The van der Waals surface area contributed by atoms with Crippen molar-refractivity contribution in [2.45, 2.75) is 110 Å². The Labute approximate surface area is 380 Å². The molecular formula is C51H53FN8O6. The molecule has 3 aromatic carbocycles. The van der Waals surface area contributed by atoms with Gasteiger partial charge in [-0.2, -0.15) is 0 Å². The van der Waals surface area contributed by atoms with Gasteiger partial charge in [-0.1, -0.05) is 28.5 Å². The van der Waals surface area contributed by atoms with Crippen molar-refractivity contribution in [3.8, 4) is 22.3 Å². The van der Waals surface area contributed by atoms with E-state index in [0.717, 1.165) is 137 Å². The standard InChI is InChI=1S/C29H29FN4O3.C22H24N4O3/c1-16-4-6-20(11-22(16)30)33-25(8-9-26(33)35)28-31-23-10-19(27-17(2)32-37-18(27)3)5-7-24(23)34(28)21-12-29(13-21)14-36-15-29;1-12-20(13(2)29-25-12)14-3-5-18-17(7-14)24-21(16-4-6-19(27)23-16)26(18)15-8-22(9-15)10-28-11-22/h4-7,10-11,21,25H,8-9,12-15H2,1-3H3;3,5,7,15-16H,4,6,8-11H2,1-2H3,(H,23,27)/t25-;16-/m00/s1. The highest BCUT2D eigenvalue weighted by Crippen LogP contribution is 2.56. The Morgan fingerprint density at radius 1 is 0.667 bits per heavy atom. The first-order chi connectivity index (χ1) is 31.9. The molecule has 340 valence electrons. The Balaban J connectivity index is 0.000000142. The Morgan fingerprint density at radius 3 is 1.68 bits per heavy atom. The topological polar surface area (TPSA) is 156 Å². The Kier molecular flexibility index (Phi) is 9.49. The van der Waals surface area contributed by atoms with Crippen molar-refractivity contribution >= 4 is 39.6 Å². The van der Waals surface area contributed by atoms with E-state index >= 15 is 0 Å². The third-order valence-corrected chi connectivity index (χ3v) is 15.4. The number of nitrogens with one attached hydrogen (secondary N) is 1. The van der Waals surface area contributed by atoms with E-state index in [1.807, 2.05) is 33.8 Å². The number of hydrogen-bond acceptors (Lipinski definition) is 10. The lowest BCUT2D eigenvalue weighted by Crippen LogP contribution is -2.52. The van der Waals surface area contributed by atoms with Crippen LogP contribution < -0.4 is 10.2 Å². The quantitative estimate of drug-likeness (QED) is 0.164. The lowest BCUT2D eigenvalue weighted by Gasteiger charge is -2.54. The fourth-order valence-electron chi connectivity index (χ4n) is 11.9. The molecule has 15 heteroatoms. The summed E-state index contributed by atoms with van der Waals surface area (Å²) in [4.78, 5) is 36.9. The van der Waals surface area contributed by atoms with E-state index in [4.69, 9.17) is 28.5 Å². The van der Waals surface area contributed by atoms with Crippen molar-refractivity contribution in [2.75, 3.05) is 31.3 Å². The second kappa shape index (κ2) is 15.2. The number of rotatable bonds is 7. The van der Waals surface area contributed by atoms with Crippen molar-refractivity contribution in [3.63, 3.8) is 0 Å². The number of carbonyl (C=O) groups is 2. The van der Waals surface area contributed by atoms with Crippen molar-refractivity contribution in [3.05, 3.63) is 101 Å². The van der Waals surface area contributed by atoms with E-state index in [1.54, 1.807) is 17.9 Å². The molecule has 6 fully saturated rings. The summed E-state index contributed by atoms with van der Waals surface area (Å²) in [5.74, 6) is 3.26. The highest BCUT2D eigenvalue weighted by Gasteiger charge is 2.53. The van der Waals surface area contributed by atoms with E-state index in [1.165, 1.54) is 6.07 Å². The third kappa shape index (κ3) is 6.55. The van der Waals surface area contributed by atoms with Gasteiger partial charge in [0.2, 0.25) is 11.8 Å². The number of carbonyl (C=O) groups excluding carboxylic acids is 2. The normalized spacial score (nSPS) is 22.9. The number of halogens is 1. The number of ether oxygens (including phenoxy) is 2. The van der Waals surface area contributed by atoms with Crippen LogP contribution in [0.1, 0.15) is 116 Å². The van der Waals surface area contributed by atoms with Gasteiger partial charge < -0.3 is 37.9 Å². The molecular weight excluding hydrogens is 840 g/mol. The molecule has 0 bridgehead atoms. The molecule has 2 saturated carbocycles. The molecule has 2 spiro atoms. The minimum absolute atomic E-state index is 0.000687. The zero-order chi connectivity index (χ0) is 45.2. The van der Waals surface area contributed by atoms with Crippen LogP contribution in [-0.4, -0.2) is 67.7 Å². The third-order valence-electron chi connectivity index (χ3n) is 15.4. The summed E-state index contributed by atoms with van der Waals surface area (Å²) in [6, 6.07) is 18.2. The van der Waals surface area contributed by atoms with Gasteiger partial charge in [-0.05, 0) is 126 Å². The molecule has 2 atom stereocenters. The lowest BCUT2D eigenvalue weighted by atomic mass is 9.64. The highest BCUT2D eigenvalue weighted by molar-refractivity contribution is 5.96. The van der Waals surface area contributed by atoms with Crippen molar-refractivity contribution in [1.82, 2.24) is 34.7 Å². The maximum absolute atomic E-state index is 14.5. The van der Waals surface area contributed by atoms with Gasteiger partial charge in [0.15, 0.2) is 0 Å². The monoisotopic (exact) mass is 892 g/mol. The maximum atomic E-state index is 14.5. The molecule has 13 rings (SSSR count). The van der Waals surface area contributed by atoms with Gasteiger partial charge in [-0.15, -0.1) is 0 Å². The Hall–Kier alpha value is -6.19. The van der Waals surface area contributed by atoms with E-state index in [0.29, 0.717) is 48.0 Å². The van der Waals surface area contributed by atoms with Gasteiger partial charge in [-0.25, -0.2) is 14.4 Å². The molecule has 66 heavy (non-hydrogen) atoms. The summed E-state index contributed by atoms with van der Waals surface area (Å²) in [5.41, 5.74) is 11.7. The van der Waals surface area contributed by atoms with Crippen LogP contribution >= 0.6 is 0 Å². The molecule has 7 aromatic rings. The number of aromatic nitrogens is 6. The van der Waals surface area contributed by atoms with Crippen LogP contribution in [0.15, 0.2) is 63.6 Å². The number of aryl methyl sites for hydroxylation is 5. The van der Waals surface area contributed by atoms with Gasteiger partial charge >= 0.3 is 0 Å². The summed E-state index contributed by atoms with van der Waals surface area (Å²) in [6.07, 6.45) is 6.76. The molecule has 0 unspecified atom stereocenters. The second-order valence-corrected chi connectivity index (χ2v) is 20.0. The minimum atomic E-state index is -0.306. The maximum Gasteiger partial charge on any atom is 0.227 e. The van der Waals surface area contributed by atoms with Gasteiger partial charge in [0, 0.05) is 52.6 Å². The second-order valence-electron chi connectivity index (χ2n) is 20.0. The average Bonchev–Trinajstić information content (AvgIpc) is 4.10. The summed E-state index contributed by atoms with van der Waals surface area (Å²) < 4.78 is 41.0. The van der Waals surface area contributed by atoms with E-state index in [2.05, 4.69) is 61.2 Å². The molecule has 4 saturated heterocycles. The number of amides is 2. The number of fused-ring (bicyclic) bond motifs is 2. The van der Waals surface area contributed by atoms with E-state index in [9.17, 15) is 14.0 Å². The minimum Gasteiger partial charge on any atom is -0.380 e. The van der Waals surface area contributed by atoms with Crippen LogP contribution in [0.25, 0.3) is 44.3 Å². The Morgan fingerprint density at radius 2 is 1.21 bits per heavy atom. The summed E-state index contributed by atoms with van der Waals surface area (Å²) in [6.45, 7) is 12.9. The van der Waals surface area contributed by atoms with Gasteiger partial charge in [0.1, 0.15) is 29.0 Å². The fraction of sp³-hybridized carbons (Fsp3) is 0.451. The summed E-state index contributed by atoms with van der Waals surface area (Å²) in [5, 5.41) is 11.3. The van der Waals surface area contributed by atoms with Crippen molar-refractivity contribution in [1.29, 1.82) is 0 Å². The number of anilines is 1. The summed E-state index contributed by atoms with van der Waals surface area (Å²) in [7, 11) is 0. The first kappa shape index (κ1) is 41.3. The predicted octanol–water partition coefficient (Wildman–Crippen LogP) is 9.59. The largest absolute Gasteiger partial charge is 0.380 e. The molecule has 0 radical (unpaired) electrons. The SMILES string of the molecule is Cc1ccc(N2C(=O)CC[C@H]2c2nc3cc(-c4c(C)noc4C)ccc3n2C2CC3(COC3)C2)cc1F.Cc1noc(C)c1-c1ccc2c(c1)nc([C@@H]1CCC(=O)N1)n2C1CC2(COC2)C1. The summed E-state index contributed by atoms with van der Waals surface area (Å²) >= 11 is 0. The molecule has 8 heterocycles. The molecule has 1 N–H and O–H groups in total. The van der Waals surface area contributed by atoms with E-state index in [-0.39, 0.29) is 35.1 Å². The van der Waals surface area contributed by atoms with Crippen LogP contribution in [0.5, 0.6) is 0 Å². The first-order valence-electron chi connectivity index (χ1n) is 23.3. The van der Waals surface area contributed by atoms with Gasteiger partial charge in [0.05, 0.1) is 72.0 Å². The first-order valence-corrected chi connectivity index (χ1v) is 23.3. The number of benzene rings is 3. The lowest BCUT2D eigenvalue weighted by molar-refractivity contribution is -0.174. The van der Waals surface area contributed by atoms with E-state index < -0.39 is 0 Å². The molecule has 4 aliphatic heterocycles. The predicted molar refractivity (Wildman–Crippen MR) is 243 cm³/mol. The van der Waals surface area contributed by atoms with Crippen molar-refractivity contribution in [2.24, 2.45) is 10.8 Å². The molecule has 14 nitrogen and oxygen atoms in total. The smallest absolute Gasteiger partial charge is 0.227 e. The van der Waals surface area contributed by atoms with Crippen LogP contribution in [-0.2, 0) is 19.1 Å². The van der Waals surface area contributed by atoms with Gasteiger partial charge in [-0.3, -0.25) is 9.59 Å². The zero-order valence-corrected chi connectivity index (χ0v) is 37.9. The van der Waals surface area contributed by atoms with Crippen molar-refractivity contribution < 1.29 is 32.5 Å². The fourth-order valence-corrected chi connectivity index (χ4v) is 11.9. The van der Waals surface area contributed by atoms with Crippen LogP contribution in [0.4, 0.5) is 10.1 Å². The molecule has 6 aliphatic rings. The van der Waals surface area contributed by atoms with Gasteiger partial charge in [0.25, 0.3) is 0 Å². The van der Waals surface area contributed by atoms with Crippen LogP contribution in [0.3, 0.4) is 0 Å². The number of nitrogens with zero attached hydrogens (tertiary/aromatic N) is 7. The van der Waals surface area contributed by atoms with Crippen LogP contribution in [0.2, 0.25) is 0 Å². The molecule has 2 amide bonds. The molecule has 4 aromatic heterocycles. The number of imidazole rings is 2. The average molecular weight is 893 g/mol.